The molecule has 0 aliphatic heterocycles. The highest BCUT2D eigenvalue weighted by Crippen LogP contribution is 2.41. The second-order valence-corrected chi connectivity index (χ2v) is 9.84. The van der Waals surface area contributed by atoms with Crippen LogP contribution in [0, 0.1) is 0 Å². The second-order valence-electron chi connectivity index (χ2n) is 9.84. The Hall–Kier alpha value is -1.51. The molecule has 0 unspecified atom stereocenters. The first-order valence-corrected chi connectivity index (χ1v) is 9.22. The van der Waals surface area contributed by atoms with Crippen molar-refractivity contribution in [2.24, 2.45) is 0 Å². The molecule has 25 heavy (non-hydrogen) atoms. The molecule has 0 aromatic heterocycles. The van der Waals surface area contributed by atoms with Crippen LogP contribution in [0.4, 0.5) is 4.79 Å². The molecule has 1 rings (SSSR count). The van der Waals surface area contributed by atoms with Gasteiger partial charge >= 0.3 is 6.16 Å². The van der Waals surface area contributed by atoms with Crippen molar-refractivity contribution in [3.8, 4) is 5.75 Å². The molecular weight excluding hydrogens is 312 g/mol. The molecule has 0 spiro atoms. The van der Waals surface area contributed by atoms with Gasteiger partial charge in [0.05, 0.1) is 6.61 Å². The van der Waals surface area contributed by atoms with Gasteiger partial charge in [-0.1, -0.05) is 75.3 Å². The molecule has 1 aromatic carbocycles. The zero-order valence-corrected chi connectivity index (χ0v) is 17.8. The van der Waals surface area contributed by atoms with Gasteiger partial charge in [0.25, 0.3) is 0 Å². The molecular formula is C22H36O3. The summed E-state index contributed by atoms with van der Waals surface area (Å²) in [4.78, 5) is 12.0. The molecule has 3 heteroatoms. The van der Waals surface area contributed by atoms with Gasteiger partial charge in [-0.15, -0.1) is 0 Å². The molecule has 0 amide bonds. The van der Waals surface area contributed by atoms with Crippen molar-refractivity contribution in [1.29, 1.82) is 0 Å². The van der Waals surface area contributed by atoms with Gasteiger partial charge in [-0.05, 0) is 39.9 Å². The molecule has 0 atom stereocenters. The minimum Gasteiger partial charge on any atom is -0.434 e. The Balaban J connectivity index is 3.56. The predicted octanol–water partition coefficient (Wildman–Crippen LogP) is 6.50. The number of rotatable bonds is 3. The molecule has 1 aromatic rings. The molecule has 0 saturated carbocycles. The minimum atomic E-state index is -0.629. The van der Waals surface area contributed by atoms with E-state index in [-0.39, 0.29) is 16.2 Å². The lowest BCUT2D eigenvalue weighted by molar-refractivity contribution is 0.0984. The zero-order valence-electron chi connectivity index (χ0n) is 17.8. The summed E-state index contributed by atoms with van der Waals surface area (Å²) in [5.74, 6) is 0.603. The van der Waals surface area contributed by atoms with E-state index in [1.54, 1.807) is 0 Å². The number of ether oxygens (including phenoxy) is 2. The van der Waals surface area contributed by atoms with Crippen LogP contribution in [0.15, 0.2) is 12.1 Å². The van der Waals surface area contributed by atoms with Crippen molar-refractivity contribution in [2.45, 2.75) is 91.9 Å². The van der Waals surface area contributed by atoms with E-state index < -0.39 is 6.16 Å². The van der Waals surface area contributed by atoms with Gasteiger partial charge in [-0.2, -0.15) is 0 Å². The van der Waals surface area contributed by atoms with E-state index in [4.69, 9.17) is 9.47 Å². The van der Waals surface area contributed by atoms with Crippen LogP contribution < -0.4 is 4.74 Å². The highest BCUT2D eigenvalue weighted by atomic mass is 16.7. The highest BCUT2D eigenvalue weighted by Gasteiger charge is 2.30. The highest BCUT2D eigenvalue weighted by molar-refractivity contribution is 5.66. The quantitative estimate of drug-likeness (QED) is 0.461. The lowest BCUT2D eigenvalue weighted by Gasteiger charge is -2.33. The van der Waals surface area contributed by atoms with Crippen molar-refractivity contribution in [3.05, 3.63) is 28.8 Å². The summed E-state index contributed by atoms with van der Waals surface area (Å²) in [5, 5.41) is 0. The Morgan fingerprint density at radius 1 is 0.800 bits per heavy atom. The van der Waals surface area contributed by atoms with Gasteiger partial charge in [0, 0.05) is 5.56 Å². The third kappa shape index (κ3) is 5.76. The number of hydrogen-bond acceptors (Lipinski definition) is 3. The number of carbonyl (C=O) groups excluding carboxylic acids is 1. The molecule has 0 bridgehead atoms. The van der Waals surface area contributed by atoms with E-state index >= 15 is 0 Å². The second kappa shape index (κ2) is 7.39. The number of hydrogen-bond donors (Lipinski definition) is 0. The molecule has 0 saturated heterocycles. The molecule has 0 fully saturated rings. The molecule has 0 N–H and O–H groups in total. The predicted molar refractivity (Wildman–Crippen MR) is 105 cm³/mol. The maximum Gasteiger partial charge on any atom is 0.513 e. The monoisotopic (exact) mass is 348 g/mol. The Morgan fingerprint density at radius 3 is 1.64 bits per heavy atom. The fourth-order valence-electron chi connectivity index (χ4n) is 2.80. The number of carbonyl (C=O) groups is 1. The standard InChI is InChI=1S/C22H36O3/c1-11-12-24-19(23)25-18-14-16(21(5,6)7)15(20(2,3)4)13-17(18)22(8,9)10/h13-14H,11-12H2,1-10H3. The van der Waals surface area contributed by atoms with Crippen molar-refractivity contribution in [3.63, 3.8) is 0 Å². The summed E-state index contributed by atoms with van der Waals surface area (Å²) < 4.78 is 10.7. The van der Waals surface area contributed by atoms with E-state index in [0.29, 0.717) is 12.4 Å². The normalized spacial score (nSPS) is 12.9. The van der Waals surface area contributed by atoms with Crippen LogP contribution >= 0.6 is 0 Å². The first-order valence-electron chi connectivity index (χ1n) is 9.22. The average Bonchev–Trinajstić information content (AvgIpc) is 2.41. The summed E-state index contributed by atoms with van der Waals surface area (Å²) in [6.45, 7) is 22.0. The lowest BCUT2D eigenvalue weighted by Crippen LogP contribution is -2.25. The van der Waals surface area contributed by atoms with E-state index in [2.05, 4.69) is 68.4 Å². The Bertz CT molecular complexity index is 608. The molecule has 0 aliphatic rings. The Labute approximate surface area is 154 Å². The summed E-state index contributed by atoms with van der Waals surface area (Å²) >= 11 is 0. The van der Waals surface area contributed by atoms with Crippen molar-refractivity contribution >= 4 is 6.16 Å². The molecule has 3 nitrogen and oxygen atoms in total. The lowest BCUT2D eigenvalue weighted by atomic mass is 9.72. The summed E-state index contributed by atoms with van der Waals surface area (Å²) in [6.07, 6.45) is 0.146. The molecule has 0 aliphatic carbocycles. The Kier molecular flexibility index (Phi) is 6.36. The van der Waals surface area contributed by atoms with Crippen LogP contribution in [0.2, 0.25) is 0 Å². The van der Waals surface area contributed by atoms with E-state index in [1.807, 2.05) is 13.0 Å². The number of benzene rings is 1. The van der Waals surface area contributed by atoms with Gasteiger partial charge < -0.3 is 9.47 Å². The Morgan fingerprint density at radius 2 is 1.24 bits per heavy atom. The van der Waals surface area contributed by atoms with Crippen LogP contribution in [-0.4, -0.2) is 12.8 Å². The first-order chi connectivity index (χ1) is 11.2. The van der Waals surface area contributed by atoms with Gasteiger partial charge in [0.2, 0.25) is 0 Å². The third-order valence-electron chi connectivity index (χ3n) is 4.16. The van der Waals surface area contributed by atoms with Gasteiger partial charge in [-0.3, -0.25) is 0 Å². The van der Waals surface area contributed by atoms with Crippen LogP contribution in [0.5, 0.6) is 5.75 Å². The largest absolute Gasteiger partial charge is 0.513 e. The van der Waals surface area contributed by atoms with Crippen LogP contribution in [0.3, 0.4) is 0 Å². The van der Waals surface area contributed by atoms with E-state index in [1.165, 1.54) is 11.1 Å². The maximum absolute atomic E-state index is 12.0. The van der Waals surface area contributed by atoms with Crippen molar-refractivity contribution < 1.29 is 14.3 Å². The van der Waals surface area contributed by atoms with Crippen molar-refractivity contribution in [2.75, 3.05) is 6.61 Å². The summed E-state index contributed by atoms with van der Waals surface area (Å²) in [5.41, 5.74) is 3.33. The fraction of sp³-hybridized carbons (Fsp3) is 0.682. The fourth-order valence-corrected chi connectivity index (χ4v) is 2.80. The first kappa shape index (κ1) is 21.5. The summed E-state index contributed by atoms with van der Waals surface area (Å²) in [7, 11) is 0. The zero-order chi connectivity index (χ0) is 19.6. The smallest absolute Gasteiger partial charge is 0.434 e. The molecule has 0 heterocycles. The van der Waals surface area contributed by atoms with Crippen LogP contribution in [0.1, 0.15) is 92.3 Å². The minimum absolute atomic E-state index is 0.00383. The maximum atomic E-state index is 12.0. The molecule has 142 valence electrons. The van der Waals surface area contributed by atoms with E-state index in [0.717, 1.165) is 12.0 Å². The topological polar surface area (TPSA) is 35.5 Å². The van der Waals surface area contributed by atoms with Gasteiger partial charge in [0.1, 0.15) is 5.75 Å². The van der Waals surface area contributed by atoms with Crippen LogP contribution in [0.25, 0.3) is 0 Å². The van der Waals surface area contributed by atoms with E-state index in [9.17, 15) is 4.79 Å². The van der Waals surface area contributed by atoms with Crippen molar-refractivity contribution in [1.82, 2.24) is 0 Å². The van der Waals surface area contributed by atoms with Crippen LogP contribution in [-0.2, 0) is 21.0 Å². The average molecular weight is 349 g/mol. The van der Waals surface area contributed by atoms with Gasteiger partial charge in [0.15, 0.2) is 0 Å². The SMILES string of the molecule is CCCOC(=O)Oc1cc(C(C)(C)C)c(C(C)(C)C)cc1C(C)(C)C. The summed E-state index contributed by atoms with van der Waals surface area (Å²) in [6, 6.07) is 4.25. The third-order valence-corrected chi connectivity index (χ3v) is 4.16. The molecule has 0 radical (unpaired) electrons. The van der Waals surface area contributed by atoms with Gasteiger partial charge in [-0.25, -0.2) is 4.79 Å².